The van der Waals surface area contributed by atoms with Crippen LogP contribution in [0.4, 0.5) is 0 Å². The number of amides is 1. The van der Waals surface area contributed by atoms with Crippen molar-refractivity contribution in [3.05, 3.63) is 23.7 Å². The fourth-order valence-corrected chi connectivity index (χ4v) is 1.02. The number of aryl methyl sites for hydroxylation is 1. The van der Waals surface area contributed by atoms with E-state index >= 15 is 0 Å². The summed E-state index contributed by atoms with van der Waals surface area (Å²) in [4.78, 5) is 11.7. The van der Waals surface area contributed by atoms with Gasteiger partial charge in [-0.1, -0.05) is 0 Å². The maximum Gasteiger partial charge on any atom is 0.287 e. The second kappa shape index (κ2) is 4.06. The van der Waals surface area contributed by atoms with Crippen LogP contribution in [-0.4, -0.2) is 22.7 Å². The molecule has 1 rings (SSSR count). The summed E-state index contributed by atoms with van der Waals surface area (Å²) in [5, 5.41) is 12.1. The number of nitrogens with one attached hydrogen (secondary N) is 1. The minimum atomic E-state index is -0.669. The quantitative estimate of drug-likeness (QED) is 0.796. The average molecular weight is 211 g/mol. The average Bonchev–Trinajstić information content (AvgIpc) is 2.50. The highest BCUT2D eigenvalue weighted by molar-refractivity contribution is 5.92. The van der Waals surface area contributed by atoms with Crippen LogP contribution in [-0.2, 0) is 0 Å². The third kappa shape index (κ3) is 2.83. The van der Waals surface area contributed by atoms with Gasteiger partial charge in [0.1, 0.15) is 5.76 Å². The lowest BCUT2D eigenvalue weighted by Crippen LogP contribution is -2.50. The van der Waals surface area contributed by atoms with Crippen molar-refractivity contribution in [2.45, 2.75) is 39.3 Å². The first-order chi connectivity index (χ1) is 6.83. The van der Waals surface area contributed by atoms with E-state index in [0.29, 0.717) is 5.76 Å². The van der Waals surface area contributed by atoms with Crippen molar-refractivity contribution in [2.24, 2.45) is 0 Å². The van der Waals surface area contributed by atoms with Gasteiger partial charge in [-0.2, -0.15) is 0 Å². The number of carbonyl (C=O) groups excluding carboxylic acids is 1. The lowest BCUT2D eigenvalue weighted by molar-refractivity contribution is 0.0686. The van der Waals surface area contributed by atoms with Gasteiger partial charge in [-0.05, 0) is 39.8 Å². The Morgan fingerprint density at radius 1 is 1.53 bits per heavy atom. The number of aliphatic hydroxyl groups is 1. The molecule has 0 aromatic carbocycles. The molecule has 1 heterocycles. The molecule has 0 saturated heterocycles. The van der Waals surface area contributed by atoms with E-state index in [4.69, 9.17) is 4.42 Å². The Kier molecular flexibility index (Phi) is 3.19. The molecule has 1 unspecified atom stereocenters. The molecule has 0 fully saturated rings. The van der Waals surface area contributed by atoms with Crippen molar-refractivity contribution in [1.82, 2.24) is 5.32 Å². The van der Waals surface area contributed by atoms with Gasteiger partial charge in [0.15, 0.2) is 5.76 Å². The SMILES string of the molecule is Cc1ccc(C(=O)NC(C)(C)C(C)O)o1. The number of aliphatic hydroxyl groups excluding tert-OH is 1. The Hall–Kier alpha value is -1.29. The summed E-state index contributed by atoms with van der Waals surface area (Å²) in [6.07, 6.45) is -0.627. The zero-order valence-corrected chi connectivity index (χ0v) is 9.50. The fourth-order valence-electron chi connectivity index (χ4n) is 1.02. The van der Waals surface area contributed by atoms with Crippen molar-refractivity contribution in [1.29, 1.82) is 0 Å². The predicted molar refractivity (Wildman–Crippen MR) is 56.7 cm³/mol. The zero-order chi connectivity index (χ0) is 11.6. The molecule has 4 nitrogen and oxygen atoms in total. The maximum atomic E-state index is 11.7. The first kappa shape index (κ1) is 11.8. The van der Waals surface area contributed by atoms with Crippen molar-refractivity contribution >= 4 is 5.91 Å². The summed E-state index contributed by atoms with van der Waals surface area (Å²) in [6, 6.07) is 3.34. The molecular weight excluding hydrogens is 194 g/mol. The van der Waals surface area contributed by atoms with Crippen LogP contribution in [0.1, 0.15) is 37.1 Å². The molecule has 1 atom stereocenters. The van der Waals surface area contributed by atoms with Crippen molar-refractivity contribution in [2.75, 3.05) is 0 Å². The molecule has 84 valence electrons. The van der Waals surface area contributed by atoms with E-state index in [2.05, 4.69) is 5.32 Å². The Morgan fingerprint density at radius 2 is 2.13 bits per heavy atom. The molecule has 15 heavy (non-hydrogen) atoms. The van der Waals surface area contributed by atoms with E-state index in [1.54, 1.807) is 39.8 Å². The monoisotopic (exact) mass is 211 g/mol. The lowest BCUT2D eigenvalue weighted by Gasteiger charge is -2.28. The third-order valence-electron chi connectivity index (χ3n) is 2.44. The number of carbonyl (C=O) groups is 1. The molecule has 0 aliphatic carbocycles. The van der Waals surface area contributed by atoms with E-state index in [9.17, 15) is 9.90 Å². The van der Waals surface area contributed by atoms with Gasteiger partial charge in [0, 0.05) is 0 Å². The van der Waals surface area contributed by atoms with Gasteiger partial charge in [-0.3, -0.25) is 4.79 Å². The zero-order valence-electron chi connectivity index (χ0n) is 9.50. The minimum Gasteiger partial charge on any atom is -0.456 e. The second-order valence-electron chi connectivity index (χ2n) is 4.26. The smallest absolute Gasteiger partial charge is 0.287 e. The molecule has 1 aromatic heterocycles. The van der Waals surface area contributed by atoms with Crippen molar-refractivity contribution in [3.63, 3.8) is 0 Å². The highest BCUT2D eigenvalue weighted by Gasteiger charge is 2.27. The van der Waals surface area contributed by atoms with Crippen LogP contribution >= 0.6 is 0 Å². The van der Waals surface area contributed by atoms with Gasteiger partial charge >= 0.3 is 0 Å². The summed E-state index contributed by atoms with van der Waals surface area (Å²) in [7, 11) is 0. The molecule has 2 N–H and O–H groups in total. The second-order valence-corrected chi connectivity index (χ2v) is 4.26. The van der Waals surface area contributed by atoms with Crippen LogP contribution < -0.4 is 5.32 Å². The van der Waals surface area contributed by atoms with E-state index < -0.39 is 11.6 Å². The molecule has 0 aliphatic rings. The van der Waals surface area contributed by atoms with Crippen LogP contribution in [0.25, 0.3) is 0 Å². The number of hydrogen-bond acceptors (Lipinski definition) is 3. The first-order valence-electron chi connectivity index (χ1n) is 4.90. The predicted octanol–water partition coefficient (Wildman–Crippen LogP) is 1.48. The summed E-state index contributed by atoms with van der Waals surface area (Å²) >= 11 is 0. The normalized spacial score (nSPS) is 13.7. The largest absolute Gasteiger partial charge is 0.456 e. The van der Waals surface area contributed by atoms with Crippen LogP contribution in [0.2, 0.25) is 0 Å². The van der Waals surface area contributed by atoms with Crippen LogP contribution in [0.5, 0.6) is 0 Å². The number of rotatable bonds is 3. The van der Waals surface area contributed by atoms with Gasteiger partial charge in [0.2, 0.25) is 0 Å². The summed E-state index contributed by atoms with van der Waals surface area (Å²) < 4.78 is 5.18. The van der Waals surface area contributed by atoms with Gasteiger partial charge in [0.05, 0.1) is 11.6 Å². The fraction of sp³-hybridized carbons (Fsp3) is 0.545. The van der Waals surface area contributed by atoms with Crippen molar-refractivity contribution < 1.29 is 14.3 Å². The minimum absolute atomic E-state index is 0.265. The third-order valence-corrected chi connectivity index (χ3v) is 2.44. The van der Waals surface area contributed by atoms with E-state index in [-0.39, 0.29) is 11.7 Å². The summed E-state index contributed by atoms with van der Waals surface area (Å²) in [5.41, 5.74) is -0.669. The first-order valence-corrected chi connectivity index (χ1v) is 4.90. The van der Waals surface area contributed by atoms with E-state index in [1.165, 1.54) is 0 Å². The molecule has 0 bridgehead atoms. The van der Waals surface area contributed by atoms with Crippen molar-refractivity contribution in [3.8, 4) is 0 Å². The topological polar surface area (TPSA) is 62.5 Å². The summed E-state index contributed by atoms with van der Waals surface area (Å²) in [5.74, 6) is 0.644. The van der Waals surface area contributed by atoms with Gasteiger partial charge < -0.3 is 14.8 Å². The van der Waals surface area contributed by atoms with E-state index in [0.717, 1.165) is 0 Å². The molecule has 0 saturated carbocycles. The van der Waals surface area contributed by atoms with Gasteiger partial charge in [-0.15, -0.1) is 0 Å². The highest BCUT2D eigenvalue weighted by atomic mass is 16.3. The standard InChI is InChI=1S/C11H17NO3/c1-7-5-6-9(15-7)10(14)12-11(3,4)8(2)13/h5-6,8,13H,1-4H3,(H,12,14). The Morgan fingerprint density at radius 3 is 2.53 bits per heavy atom. The van der Waals surface area contributed by atoms with E-state index in [1.807, 2.05) is 0 Å². The molecule has 0 aliphatic heterocycles. The number of furan rings is 1. The van der Waals surface area contributed by atoms with Crippen LogP contribution in [0, 0.1) is 6.92 Å². The molecule has 0 radical (unpaired) electrons. The lowest BCUT2D eigenvalue weighted by atomic mass is 9.99. The molecule has 1 aromatic rings. The molecular formula is C11H17NO3. The molecule has 0 spiro atoms. The van der Waals surface area contributed by atoms with Gasteiger partial charge in [0.25, 0.3) is 5.91 Å². The Bertz CT molecular complexity index is 352. The number of hydrogen-bond donors (Lipinski definition) is 2. The molecule has 1 amide bonds. The highest BCUT2D eigenvalue weighted by Crippen LogP contribution is 2.12. The molecule has 4 heteroatoms. The van der Waals surface area contributed by atoms with Crippen LogP contribution in [0.15, 0.2) is 16.5 Å². The Balaban J connectivity index is 2.72. The van der Waals surface area contributed by atoms with Gasteiger partial charge in [-0.25, -0.2) is 0 Å². The maximum absolute atomic E-state index is 11.7. The summed E-state index contributed by atoms with van der Waals surface area (Å²) in [6.45, 7) is 6.92. The van der Waals surface area contributed by atoms with Crippen LogP contribution in [0.3, 0.4) is 0 Å². The Labute approximate surface area is 89.3 Å².